The summed E-state index contributed by atoms with van der Waals surface area (Å²) < 4.78 is 30.6. The molecule has 2 unspecified atom stereocenters. The largest absolute Gasteiger partial charge is 0.481 e. The lowest BCUT2D eigenvalue weighted by atomic mass is 10.3. The Morgan fingerprint density at radius 2 is 0.861 bits per heavy atom. The van der Waals surface area contributed by atoms with Crippen molar-refractivity contribution in [2.75, 3.05) is 53.9 Å². The second-order valence-electron chi connectivity index (χ2n) is 10.2. The number of isocyanates is 1. The van der Waals surface area contributed by atoms with Crippen LogP contribution in [0.4, 0.5) is 0 Å². The van der Waals surface area contributed by atoms with Crippen LogP contribution in [-0.2, 0) is 29.2 Å². The van der Waals surface area contributed by atoms with Crippen LogP contribution in [0.25, 0.3) is 0 Å². The summed E-state index contributed by atoms with van der Waals surface area (Å²) in [5, 5.41) is 19.7. The Bertz CT molecular complexity index is 1060. The van der Waals surface area contributed by atoms with Crippen LogP contribution < -0.4 is 11.1 Å². The maximum atomic E-state index is 9.19. The molecule has 0 radical (unpaired) electrons. The molecule has 2 heterocycles. The lowest BCUT2D eigenvalue weighted by Gasteiger charge is -1.74. The second-order valence-corrected chi connectivity index (χ2v) is 11.8. The van der Waals surface area contributed by atoms with Gasteiger partial charge in [-0.15, -0.1) is 25.5 Å². The van der Waals surface area contributed by atoms with Crippen molar-refractivity contribution in [3.8, 4) is 12.3 Å². The average molecular weight is 1220 g/mol. The summed E-state index contributed by atoms with van der Waals surface area (Å²) in [4.78, 5) is 32.9. The number of carboxylic acids is 1. The van der Waals surface area contributed by atoms with Crippen LogP contribution in [0.5, 0.6) is 0 Å². The minimum absolute atomic E-state index is 0. The number of terminal acetylenes is 1. The Balaban J connectivity index is -0.00000000982. The molecule has 0 spiro atoms. The van der Waals surface area contributed by atoms with E-state index in [0.29, 0.717) is 12.4 Å². The first-order valence-corrected chi connectivity index (χ1v) is 22.2. The van der Waals surface area contributed by atoms with E-state index < -0.39 is 16.1 Å². The number of thiocarbonyl (C=S) groups is 1. The smallest absolute Gasteiger partial charge is 0.300 e. The minimum atomic E-state index is -3.67. The number of hydrogen-bond donors (Lipinski definition) is 6. The van der Waals surface area contributed by atoms with E-state index in [1.165, 1.54) is 44.8 Å². The molecule has 0 bridgehead atoms. The van der Waals surface area contributed by atoms with Crippen LogP contribution in [0.2, 0.25) is 0 Å². The number of isothiocyanates is 1. The van der Waals surface area contributed by atoms with E-state index in [0.717, 1.165) is 39.4 Å². The Morgan fingerprint density at radius 3 is 0.861 bits per heavy atom. The number of aldehydes is 1. The van der Waals surface area contributed by atoms with Gasteiger partial charge in [-0.1, -0.05) is 193 Å². The molecular formula is C63H166N4O9S3. The second kappa shape index (κ2) is 302. The predicted octanol–water partition coefficient (Wildman–Crippen LogP) is 21.9. The Labute approximate surface area is 520 Å². The standard InChI is InChI=1S/2C5H10.3C4H8.C3H7N.C3H6O.C3H6.C3H4.C2H3NO.C2H3NS.C2H4O2.C2H4O.CH5N.CH4O3S.CH4O.CH4S.17CH4/c1-4-5(2)3;1-3-5-4-2;1-4(2)3;2*1-3-4-2;2*1-3-2-4-3;2*1-3-2;2*1-3-2-4;1-2(3)4;1-2-3;1-2;1-5(2,3)4;2*1-2;;;;;;;;;;;;;;;;;/h4H,1-3H3;3,5H,4H2,1-2H3;1H2,2-3H3;2*3-4H,1-2H3;3-4H,2H2,1H3;3H,2H2,1H3;3H,1H2,2H3;1H,2H3;2*1H3;1H3,(H,3,4);2H,1H3;2H2,1H3;1H3,(H,2,3,4);2*2H,1H3;17*1H4. The molecule has 2 aliphatic rings. The molecule has 0 aromatic heterocycles. The summed E-state index contributed by atoms with van der Waals surface area (Å²) in [7, 11) is 1.81. The van der Waals surface area contributed by atoms with Gasteiger partial charge in [-0.05, 0) is 136 Å². The van der Waals surface area contributed by atoms with Crippen LogP contribution in [0, 0.1) is 12.3 Å². The Kier molecular flexibility index (Phi) is 848. The molecular weight excluding hydrogens is 1050 g/mol. The number of rotatable bonds is 1. The van der Waals surface area contributed by atoms with Crippen molar-refractivity contribution in [3.63, 3.8) is 0 Å². The lowest BCUT2D eigenvalue weighted by Crippen LogP contribution is -1.88. The molecule has 6 N–H and O–H groups in total. The van der Waals surface area contributed by atoms with Gasteiger partial charge in [0.05, 0.1) is 24.1 Å². The molecule has 2 rings (SSSR count). The van der Waals surface area contributed by atoms with E-state index in [1.807, 2.05) is 86.6 Å². The molecule has 0 saturated carbocycles. The molecule has 2 aliphatic heterocycles. The Morgan fingerprint density at radius 1 is 0.747 bits per heavy atom. The van der Waals surface area contributed by atoms with Crippen LogP contribution in [0.1, 0.15) is 250 Å². The number of aliphatic hydroxyl groups excluding tert-OH is 1. The quantitative estimate of drug-likeness (QED) is 0.0166. The van der Waals surface area contributed by atoms with Crippen molar-refractivity contribution in [2.24, 2.45) is 15.7 Å². The molecule has 2 fully saturated rings. The zero-order valence-corrected chi connectivity index (χ0v) is 46.0. The average Bonchev–Trinajstić information content (AvgIpc) is 4.18. The number of carboxylic acid groups (broad SMARTS) is 1. The van der Waals surface area contributed by atoms with E-state index in [4.69, 9.17) is 33.9 Å². The third-order valence-electron chi connectivity index (χ3n) is 3.01. The third-order valence-corrected chi connectivity index (χ3v) is 3.19. The SMILES string of the molecule is C.C.C.C.C.C.C.C.C.C.C.C.C.C.C.C.C.C#CC.C=C(C)C.C=CC.CC(=O)O.CC1CN1.CC1CO1.CC=C(C)C.CC=CC.CC=CC.CC=CCC.CC=O.CN.CN=C=O.CN=C=S.CO.CS.CS(=O)(=O)O. The van der Waals surface area contributed by atoms with Gasteiger partial charge in [0.1, 0.15) is 6.29 Å². The topological polar surface area (TPSA) is 231 Å². The summed E-state index contributed by atoms with van der Waals surface area (Å²) in [6.45, 7) is 41.7. The summed E-state index contributed by atoms with van der Waals surface area (Å²) >= 11 is 7.66. The molecule has 2 saturated heterocycles. The molecule has 0 amide bonds. The molecule has 79 heavy (non-hydrogen) atoms. The van der Waals surface area contributed by atoms with E-state index in [2.05, 4.69) is 129 Å². The van der Waals surface area contributed by atoms with Crippen molar-refractivity contribution in [1.29, 1.82) is 0 Å². The van der Waals surface area contributed by atoms with Crippen molar-refractivity contribution < 1.29 is 42.3 Å². The van der Waals surface area contributed by atoms with Crippen molar-refractivity contribution >= 4 is 58.5 Å². The fraction of sp³-hybridized carbons (Fsp3) is 0.714. The van der Waals surface area contributed by atoms with Gasteiger partial charge in [-0.2, -0.15) is 21.0 Å². The van der Waals surface area contributed by atoms with Crippen LogP contribution in [0.3, 0.4) is 0 Å². The number of allylic oxidation sites excluding steroid dienone is 10. The number of aliphatic hydroxyl groups is 1. The number of nitrogens with zero attached hydrogens (tertiary/aromatic N) is 2. The fourth-order valence-electron chi connectivity index (χ4n) is 0.450. The molecule has 13 nitrogen and oxygen atoms in total. The number of nitrogens with two attached hydrogens (primary N) is 1. The molecule has 0 aliphatic carbocycles. The number of ether oxygens (including phenoxy) is 1. The first-order valence-electron chi connectivity index (χ1n) is 19.0. The number of carbonyl (C=O) groups is 2. The van der Waals surface area contributed by atoms with Crippen molar-refractivity contribution in [1.82, 2.24) is 5.32 Å². The van der Waals surface area contributed by atoms with Gasteiger partial charge in [-0.25, -0.2) is 14.8 Å². The molecule has 510 valence electrons. The monoisotopic (exact) mass is 1220 g/mol. The lowest BCUT2D eigenvalue weighted by molar-refractivity contribution is -0.134. The van der Waals surface area contributed by atoms with E-state index in [1.54, 1.807) is 26.3 Å². The van der Waals surface area contributed by atoms with Crippen molar-refractivity contribution in [2.45, 2.75) is 263 Å². The first kappa shape index (κ1) is 222. The maximum absolute atomic E-state index is 9.19. The van der Waals surface area contributed by atoms with Gasteiger partial charge < -0.3 is 30.8 Å². The predicted molar refractivity (Wildman–Crippen MR) is 400 cm³/mol. The van der Waals surface area contributed by atoms with Crippen LogP contribution in [0.15, 0.2) is 82.9 Å². The number of aliphatic carboxylic acids is 1. The zero-order valence-electron chi connectivity index (χ0n) is 43.5. The van der Waals surface area contributed by atoms with Crippen LogP contribution in [-0.4, -0.2) is 113 Å². The van der Waals surface area contributed by atoms with E-state index in [-0.39, 0.29) is 126 Å². The summed E-state index contributed by atoms with van der Waals surface area (Å²) in [6, 6.07) is 0.833. The molecule has 16 heteroatoms. The van der Waals surface area contributed by atoms with Crippen LogP contribution >= 0.6 is 24.8 Å². The fourth-order valence-corrected chi connectivity index (χ4v) is 0.450. The summed E-state index contributed by atoms with van der Waals surface area (Å²) in [5.41, 5.74) is 7.05. The number of carbonyl (C=O) groups excluding carboxylic acids is 2. The van der Waals surface area contributed by atoms with Gasteiger partial charge in [-0.3, -0.25) is 9.35 Å². The highest BCUT2D eigenvalue weighted by atomic mass is 32.2. The number of aliphatic imine (C=N–C) groups is 2. The Hall–Kier alpha value is -3.58. The normalized spacial score (nSPS) is 8.53. The molecule has 2 atom stereocenters. The number of epoxide rings is 1. The first-order chi connectivity index (χ1) is 28.8. The van der Waals surface area contributed by atoms with Gasteiger partial charge in [0, 0.05) is 40.7 Å². The van der Waals surface area contributed by atoms with Gasteiger partial charge >= 0.3 is 0 Å². The third kappa shape index (κ3) is 3590. The highest BCUT2D eigenvalue weighted by Crippen LogP contribution is 2.04. The zero-order chi connectivity index (χ0) is 53.8. The maximum Gasteiger partial charge on any atom is 0.300 e. The van der Waals surface area contributed by atoms with Gasteiger partial charge in [0.2, 0.25) is 6.08 Å². The van der Waals surface area contributed by atoms with E-state index in [9.17, 15) is 8.42 Å². The highest BCUT2D eigenvalue weighted by Gasteiger charge is 2.13. The van der Waals surface area contributed by atoms with Crippen molar-refractivity contribution in [3.05, 3.63) is 72.9 Å². The number of hydrogen-bond acceptors (Lipinski definition) is 13. The minimum Gasteiger partial charge on any atom is -0.481 e. The van der Waals surface area contributed by atoms with Gasteiger partial charge in [0.25, 0.3) is 16.1 Å². The summed E-state index contributed by atoms with van der Waals surface area (Å²) in [5.74, 6) is 1.42. The number of thiol groups is 1. The molecule has 0 aromatic rings. The summed E-state index contributed by atoms with van der Waals surface area (Å²) in [6.07, 6.45) is 26.8. The van der Waals surface area contributed by atoms with Gasteiger partial charge in [0.15, 0.2) is 0 Å². The molecule has 0 aromatic carbocycles. The highest BCUT2D eigenvalue weighted by molar-refractivity contribution is 7.85. The van der Waals surface area contributed by atoms with E-state index >= 15 is 0 Å². The number of nitrogens with one attached hydrogen (secondary N) is 1.